The molecule has 0 radical (unpaired) electrons. The molecule has 0 saturated carbocycles. The monoisotopic (exact) mass is 364 g/mol. The minimum Gasteiger partial charge on any atom is -0.451 e. The Balaban J connectivity index is 1.56. The first-order valence-electron chi connectivity index (χ1n) is 8.07. The van der Waals surface area contributed by atoms with Gasteiger partial charge < -0.3 is 9.73 Å². The molecule has 3 aromatic rings. The van der Waals surface area contributed by atoms with Crippen LogP contribution in [0, 0.1) is 5.82 Å². The number of fused-ring (bicyclic) bond motifs is 1. The number of hydrogen-bond acceptors (Lipinski definition) is 4. The molecule has 7 heteroatoms. The highest BCUT2D eigenvalue weighted by Gasteiger charge is 2.32. The lowest BCUT2D eigenvalue weighted by Gasteiger charge is -2.05. The zero-order valence-electron chi connectivity index (χ0n) is 14.2. The Bertz CT molecular complexity index is 1100. The van der Waals surface area contributed by atoms with Gasteiger partial charge >= 0.3 is 0 Å². The van der Waals surface area contributed by atoms with E-state index in [-0.39, 0.29) is 17.2 Å². The van der Waals surface area contributed by atoms with Gasteiger partial charge in [0.25, 0.3) is 17.7 Å². The van der Waals surface area contributed by atoms with Crippen molar-refractivity contribution in [3.63, 3.8) is 0 Å². The van der Waals surface area contributed by atoms with Crippen LogP contribution in [0.3, 0.4) is 0 Å². The third kappa shape index (κ3) is 2.89. The molecule has 134 valence electrons. The quantitative estimate of drug-likeness (QED) is 0.721. The van der Waals surface area contributed by atoms with Gasteiger partial charge in [-0.25, -0.2) is 4.39 Å². The number of rotatable bonds is 3. The summed E-state index contributed by atoms with van der Waals surface area (Å²) in [5.41, 5.74) is 1.41. The van der Waals surface area contributed by atoms with Crippen molar-refractivity contribution in [3.05, 3.63) is 77.3 Å². The van der Waals surface area contributed by atoms with Crippen LogP contribution in [0.15, 0.2) is 59.0 Å². The van der Waals surface area contributed by atoms with Gasteiger partial charge in [0.05, 0.1) is 11.1 Å². The van der Waals surface area contributed by atoms with E-state index in [0.29, 0.717) is 22.6 Å². The number of carbonyl (C=O) groups excluding carboxylic acids is 3. The molecule has 0 unspecified atom stereocenters. The second-order valence-corrected chi connectivity index (χ2v) is 6.06. The molecule has 4 rings (SSSR count). The van der Waals surface area contributed by atoms with Crippen LogP contribution in [0.25, 0.3) is 11.3 Å². The third-order valence-electron chi connectivity index (χ3n) is 4.29. The van der Waals surface area contributed by atoms with Gasteiger partial charge in [0.2, 0.25) is 0 Å². The number of imide groups is 1. The lowest BCUT2D eigenvalue weighted by Crippen LogP contribution is -2.24. The fraction of sp³-hybridized carbons (Fsp3) is 0.0500. The molecular formula is C20H13FN2O4. The number of hydrogen-bond donors (Lipinski definition) is 1. The Morgan fingerprint density at radius 2 is 1.78 bits per heavy atom. The molecule has 0 aliphatic carbocycles. The fourth-order valence-corrected chi connectivity index (χ4v) is 2.89. The van der Waals surface area contributed by atoms with Crippen molar-refractivity contribution in [1.29, 1.82) is 0 Å². The summed E-state index contributed by atoms with van der Waals surface area (Å²) in [6, 6.07) is 13.4. The van der Waals surface area contributed by atoms with E-state index in [2.05, 4.69) is 5.32 Å². The Morgan fingerprint density at radius 3 is 2.56 bits per heavy atom. The highest BCUT2D eigenvalue weighted by Crippen LogP contribution is 2.26. The van der Waals surface area contributed by atoms with Crippen molar-refractivity contribution in [2.45, 2.75) is 0 Å². The Labute approximate surface area is 153 Å². The van der Waals surface area contributed by atoms with Crippen LogP contribution in [0.4, 0.5) is 10.1 Å². The van der Waals surface area contributed by atoms with E-state index >= 15 is 0 Å². The number of carbonyl (C=O) groups is 3. The van der Waals surface area contributed by atoms with E-state index in [1.807, 2.05) is 0 Å². The predicted octanol–water partition coefficient (Wildman–Crippen LogP) is 3.56. The van der Waals surface area contributed by atoms with Crippen molar-refractivity contribution in [3.8, 4) is 11.3 Å². The Hall–Kier alpha value is -3.74. The summed E-state index contributed by atoms with van der Waals surface area (Å²) in [5.74, 6) is -1.33. The summed E-state index contributed by atoms with van der Waals surface area (Å²) in [6.45, 7) is 0. The molecule has 0 fully saturated rings. The lowest BCUT2D eigenvalue weighted by molar-refractivity contribution is 0.0692. The number of benzene rings is 2. The number of amides is 3. The van der Waals surface area contributed by atoms with Crippen LogP contribution < -0.4 is 5.32 Å². The first-order valence-corrected chi connectivity index (χ1v) is 8.07. The van der Waals surface area contributed by atoms with Crippen molar-refractivity contribution < 1.29 is 23.2 Å². The molecule has 6 nitrogen and oxygen atoms in total. The van der Waals surface area contributed by atoms with Crippen LogP contribution in [0.1, 0.15) is 31.3 Å². The van der Waals surface area contributed by atoms with Gasteiger partial charge in [-0.05, 0) is 42.5 Å². The van der Waals surface area contributed by atoms with Crippen LogP contribution in [0.5, 0.6) is 0 Å². The van der Waals surface area contributed by atoms with Crippen molar-refractivity contribution in [1.82, 2.24) is 4.90 Å². The SMILES string of the molecule is CN1C(=O)c2ccc(NC(=O)c3ccc(-c4cccc(F)c4)o3)cc2C1=O. The second kappa shape index (κ2) is 6.21. The molecule has 3 amide bonds. The van der Waals surface area contributed by atoms with Crippen LogP contribution in [-0.4, -0.2) is 29.7 Å². The summed E-state index contributed by atoms with van der Waals surface area (Å²) in [4.78, 5) is 37.4. The molecule has 1 aliphatic heterocycles. The largest absolute Gasteiger partial charge is 0.451 e. The molecule has 0 spiro atoms. The standard InChI is InChI=1S/C20H13FN2O4/c1-23-19(25)14-6-5-13(10-15(14)20(23)26)22-18(24)17-8-7-16(27-17)11-3-2-4-12(21)9-11/h2-10H,1H3,(H,22,24). The highest BCUT2D eigenvalue weighted by atomic mass is 19.1. The maximum absolute atomic E-state index is 13.3. The summed E-state index contributed by atoms with van der Waals surface area (Å²) in [7, 11) is 1.40. The number of furan rings is 1. The zero-order valence-corrected chi connectivity index (χ0v) is 14.2. The number of anilines is 1. The molecule has 2 heterocycles. The molecule has 2 aromatic carbocycles. The van der Waals surface area contributed by atoms with Crippen molar-refractivity contribution in [2.75, 3.05) is 12.4 Å². The van der Waals surface area contributed by atoms with Gasteiger partial charge in [-0.15, -0.1) is 0 Å². The minimum atomic E-state index is -0.525. The van der Waals surface area contributed by atoms with E-state index in [9.17, 15) is 18.8 Å². The van der Waals surface area contributed by atoms with Crippen molar-refractivity contribution in [2.24, 2.45) is 0 Å². The maximum atomic E-state index is 13.3. The molecule has 0 bridgehead atoms. The molecule has 27 heavy (non-hydrogen) atoms. The van der Waals surface area contributed by atoms with Crippen LogP contribution in [0.2, 0.25) is 0 Å². The van der Waals surface area contributed by atoms with E-state index in [0.717, 1.165) is 4.90 Å². The van der Waals surface area contributed by atoms with Gasteiger partial charge in [0.15, 0.2) is 5.76 Å². The zero-order chi connectivity index (χ0) is 19.1. The maximum Gasteiger partial charge on any atom is 0.291 e. The second-order valence-electron chi connectivity index (χ2n) is 6.06. The summed E-state index contributed by atoms with van der Waals surface area (Å²) < 4.78 is 18.8. The molecule has 1 aromatic heterocycles. The predicted molar refractivity (Wildman–Crippen MR) is 94.9 cm³/mol. The normalized spacial score (nSPS) is 13.0. The first kappa shape index (κ1) is 16.7. The average Bonchev–Trinajstić information content (AvgIpc) is 3.23. The molecule has 1 aliphatic rings. The van der Waals surface area contributed by atoms with Gasteiger partial charge in [0.1, 0.15) is 11.6 Å². The van der Waals surface area contributed by atoms with Gasteiger partial charge in [-0.2, -0.15) is 0 Å². The van der Waals surface area contributed by atoms with Crippen molar-refractivity contribution >= 4 is 23.4 Å². The Morgan fingerprint density at radius 1 is 1.00 bits per heavy atom. The smallest absolute Gasteiger partial charge is 0.291 e. The summed E-state index contributed by atoms with van der Waals surface area (Å²) in [6.07, 6.45) is 0. The molecule has 0 saturated heterocycles. The number of nitrogens with zero attached hydrogens (tertiary/aromatic N) is 1. The topological polar surface area (TPSA) is 79.6 Å². The molecular weight excluding hydrogens is 351 g/mol. The van der Waals surface area contributed by atoms with E-state index < -0.39 is 17.6 Å². The lowest BCUT2D eigenvalue weighted by atomic mass is 10.1. The highest BCUT2D eigenvalue weighted by molar-refractivity contribution is 6.21. The summed E-state index contributed by atoms with van der Waals surface area (Å²) in [5, 5.41) is 2.63. The average molecular weight is 364 g/mol. The number of nitrogens with one attached hydrogen (secondary N) is 1. The van der Waals surface area contributed by atoms with Gasteiger partial charge in [0, 0.05) is 18.3 Å². The number of halogens is 1. The van der Waals surface area contributed by atoms with Gasteiger partial charge in [-0.1, -0.05) is 12.1 Å². The molecule has 1 N–H and O–H groups in total. The summed E-state index contributed by atoms with van der Waals surface area (Å²) >= 11 is 0. The van der Waals surface area contributed by atoms with Gasteiger partial charge in [-0.3, -0.25) is 19.3 Å². The fourth-order valence-electron chi connectivity index (χ4n) is 2.89. The van der Waals surface area contributed by atoms with E-state index in [1.54, 1.807) is 18.2 Å². The Kier molecular flexibility index (Phi) is 3.84. The minimum absolute atomic E-state index is 0.0364. The molecule has 0 atom stereocenters. The first-order chi connectivity index (χ1) is 12.9. The third-order valence-corrected chi connectivity index (χ3v) is 4.29. The van der Waals surface area contributed by atoms with E-state index in [1.165, 1.54) is 43.4 Å². The van der Waals surface area contributed by atoms with Crippen LogP contribution >= 0.6 is 0 Å². The van der Waals surface area contributed by atoms with E-state index in [4.69, 9.17) is 4.42 Å². The van der Waals surface area contributed by atoms with Crippen LogP contribution in [-0.2, 0) is 0 Å².